The van der Waals surface area contributed by atoms with Crippen LogP contribution >= 0.6 is 0 Å². The molecule has 0 spiro atoms. The summed E-state index contributed by atoms with van der Waals surface area (Å²) < 4.78 is 3.06. The molecule has 0 aliphatic heterocycles. The lowest BCUT2D eigenvalue weighted by molar-refractivity contribution is 0.0941. The van der Waals surface area contributed by atoms with Crippen molar-refractivity contribution < 1.29 is 4.79 Å². The molecular formula is C29H22N8O2. The number of H-pyrrole nitrogens is 1. The lowest BCUT2D eigenvalue weighted by Gasteiger charge is -2.21. The Hall–Kier alpha value is -5.69. The van der Waals surface area contributed by atoms with Crippen molar-refractivity contribution in [2.75, 3.05) is 5.73 Å². The zero-order valence-electron chi connectivity index (χ0n) is 20.8. The zero-order chi connectivity index (χ0) is 26.9. The molecule has 190 valence electrons. The predicted molar refractivity (Wildman–Crippen MR) is 147 cm³/mol. The maximum absolute atomic E-state index is 14.1. The minimum atomic E-state index is -0.575. The van der Waals surface area contributed by atoms with Crippen molar-refractivity contribution in [2.24, 2.45) is 0 Å². The van der Waals surface area contributed by atoms with Gasteiger partial charge in [-0.15, -0.1) is 5.10 Å². The van der Waals surface area contributed by atoms with Gasteiger partial charge in [0.1, 0.15) is 5.56 Å². The Morgan fingerprint density at radius 1 is 1.10 bits per heavy atom. The number of pyridine rings is 1. The number of aromatic nitrogens is 6. The van der Waals surface area contributed by atoms with Crippen LogP contribution in [0.5, 0.6) is 0 Å². The van der Waals surface area contributed by atoms with Gasteiger partial charge in [-0.05, 0) is 42.6 Å². The Kier molecular flexibility index (Phi) is 5.86. The van der Waals surface area contributed by atoms with Gasteiger partial charge in [-0.25, -0.2) is 9.50 Å². The van der Waals surface area contributed by atoms with E-state index in [2.05, 4.69) is 37.4 Å². The monoisotopic (exact) mass is 514 g/mol. The second-order valence-corrected chi connectivity index (χ2v) is 8.90. The lowest BCUT2D eigenvalue weighted by atomic mass is 10.0. The van der Waals surface area contributed by atoms with Gasteiger partial charge in [0.25, 0.3) is 11.5 Å². The highest BCUT2D eigenvalue weighted by atomic mass is 16.2. The van der Waals surface area contributed by atoms with E-state index in [1.165, 1.54) is 4.52 Å². The molecule has 0 saturated carbocycles. The van der Waals surface area contributed by atoms with Crippen molar-refractivity contribution in [2.45, 2.75) is 13.0 Å². The number of hydrogen-bond acceptors (Lipinski definition) is 6. The van der Waals surface area contributed by atoms with Gasteiger partial charge >= 0.3 is 0 Å². The van der Waals surface area contributed by atoms with Crippen LogP contribution in [0.15, 0.2) is 90.2 Å². The van der Waals surface area contributed by atoms with Gasteiger partial charge in [0, 0.05) is 35.5 Å². The van der Waals surface area contributed by atoms with E-state index in [4.69, 9.17) is 5.73 Å². The molecular weight excluding hydrogens is 492 g/mol. The molecule has 0 aliphatic carbocycles. The minimum absolute atomic E-state index is 0.0678. The van der Waals surface area contributed by atoms with Crippen LogP contribution < -0.4 is 16.6 Å². The predicted octanol–water partition coefficient (Wildman–Crippen LogP) is 3.23. The van der Waals surface area contributed by atoms with Gasteiger partial charge in [0.15, 0.2) is 11.5 Å². The standard InChI is InChI=1S/C29H22N8O2/c1-18(34-28(38)25-26(30)35-36-14-6-13-31-27(25)36)23-15-21-8-5-7-20(12-11-19-16-32-33-17-19)24(21)29(39)37(23)22-9-3-2-4-10-22/h2-10,13-18H,1H3,(H2,30,35)(H,32,33)(H,34,38)/t18-/m1/s1. The summed E-state index contributed by atoms with van der Waals surface area (Å²) in [6.45, 7) is 1.82. The van der Waals surface area contributed by atoms with E-state index in [9.17, 15) is 9.59 Å². The van der Waals surface area contributed by atoms with Crippen LogP contribution in [0, 0.1) is 11.8 Å². The maximum Gasteiger partial charge on any atom is 0.264 e. The molecule has 0 unspecified atom stereocenters. The molecule has 4 N–H and O–H groups in total. The fourth-order valence-corrected chi connectivity index (χ4v) is 4.57. The van der Waals surface area contributed by atoms with Crippen LogP contribution in [0.4, 0.5) is 5.82 Å². The molecule has 0 fully saturated rings. The number of rotatable bonds is 4. The first-order chi connectivity index (χ1) is 19.0. The fourth-order valence-electron chi connectivity index (χ4n) is 4.57. The molecule has 6 aromatic rings. The Morgan fingerprint density at radius 2 is 1.95 bits per heavy atom. The third-order valence-electron chi connectivity index (χ3n) is 6.37. The molecule has 2 aromatic carbocycles. The summed E-state index contributed by atoms with van der Waals surface area (Å²) in [5.41, 5.74) is 8.90. The molecule has 0 radical (unpaired) electrons. The maximum atomic E-state index is 14.1. The molecule has 10 heteroatoms. The zero-order valence-corrected chi connectivity index (χ0v) is 20.8. The normalized spacial score (nSPS) is 11.7. The molecule has 4 aromatic heterocycles. The second-order valence-electron chi connectivity index (χ2n) is 8.90. The van der Waals surface area contributed by atoms with Crippen molar-refractivity contribution in [3.05, 3.63) is 118 Å². The highest BCUT2D eigenvalue weighted by Gasteiger charge is 2.23. The molecule has 0 aliphatic rings. The van der Waals surface area contributed by atoms with E-state index in [0.29, 0.717) is 38.9 Å². The Bertz CT molecular complexity index is 1960. The number of fused-ring (bicyclic) bond motifs is 2. The first kappa shape index (κ1) is 23.7. The number of para-hydroxylation sites is 1. The van der Waals surface area contributed by atoms with Gasteiger partial charge in [0.05, 0.1) is 23.2 Å². The first-order valence-corrected chi connectivity index (χ1v) is 12.2. The Balaban J connectivity index is 1.48. The first-order valence-electron chi connectivity index (χ1n) is 12.2. The molecule has 1 atom stereocenters. The van der Waals surface area contributed by atoms with E-state index >= 15 is 0 Å². The Morgan fingerprint density at radius 3 is 2.74 bits per heavy atom. The van der Waals surface area contributed by atoms with E-state index < -0.39 is 11.9 Å². The van der Waals surface area contributed by atoms with Crippen molar-refractivity contribution in [1.82, 2.24) is 34.7 Å². The number of nitrogens with two attached hydrogens (primary N) is 1. The SMILES string of the molecule is C[C@@H](NC(=O)c1c(N)nn2cccnc12)c1cc2cccc(C#Cc3cn[nH]c3)c2c(=O)n1-c1ccccc1. The lowest BCUT2D eigenvalue weighted by Crippen LogP contribution is -2.32. The average Bonchev–Trinajstić information content (AvgIpc) is 3.59. The number of carbonyl (C=O) groups is 1. The third kappa shape index (κ3) is 4.28. The number of benzene rings is 2. The molecule has 4 heterocycles. The number of aromatic amines is 1. The highest BCUT2D eigenvalue weighted by Crippen LogP contribution is 2.24. The number of amides is 1. The van der Waals surface area contributed by atoms with Crippen LogP contribution in [-0.4, -0.2) is 35.3 Å². The number of nitrogens with zero attached hydrogens (tertiary/aromatic N) is 5. The smallest absolute Gasteiger partial charge is 0.264 e. The number of nitrogens with one attached hydrogen (secondary N) is 2. The summed E-state index contributed by atoms with van der Waals surface area (Å²) in [6.07, 6.45) is 6.55. The number of anilines is 1. The number of hydrogen-bond donors (Lipinski definition) is 3. The minimum Gasteiger partial charge on any atom is -0.381 e. The van der Waals surface area contributed by atoms with Crippen molar-refractivity contribution >= 4 is 28.1 Å². The quantitative estimate of drug-likeness (QED) is 0.309. The largest absolute Gasteiger partial charge is 0.381 e. The van der Waals surface area contributed by atoms with Gasteiger partial charge < -0.3 is 11.1 Å². The molecule has 6 rings (SSSR count). The summed E-state index contributed by atoms with van der Waals surface area (Å²) in [7, 11) is 0. The summed E-state index contributed by atoms with van der Waals surface area (Å²) in [6, 6.07) is 17.8. The van der Waals surface area contributed by atoms with Crippen LogP contribution in [0.2, 0.25) is 0 Å². The molecule has 0 bridgehead atoms. The van der Waals surface area contributed by atoms with E-state index in [1.54, 1.807) is 35.4 Å². The van der Waals surface area contributed by atoms with Crippen LogP contribution in [0.1, 0.15) is 40.1 Å². The molecule has 10 nitrogen and oxygen atoms in total. The molecule has 1 amide bonds. The van der Waals surface area contributed by atoms with Crippen LogP contribution in [0.3, 0.4) is 0 Å². The summed E-state index contributed by atoms with van der Waals surface area (Å²) in [5, 5.41) is 15.0. The average molecular weight is 515 g/mol. The summed E-state index contributed by atoms with van der Waals surface area (Å²) >= 11 is 0. The molecule has 0 saturated heterocycles. The van der Waals surface area contributed by atoms with Gasteiger partial charge in [-0.3, -0.25) is 19.3 Å². The topological polar surface area (TPSA) is 136 Å². The number of nitrogen functional groups attached to an aromatic ring is 1. The van der Waals surface area contributed by atoms with Gasteiger partial charge in [-0.2, -0.15) is 5.10 Å². The van der Waals surface area contributed by atoms with Crippen LogP contribution in [-0.2, 0) is 0 Å². The summed E-state index contributed by atoms with van der Waals surface area (Å²) in [5.74, 6) is 5.78. The third-order valence-corrected chi connectivity index (χ3v) is 6.37. The van der Waals surface area contributed by atoms with Crippen molar-refractivity contribution in [3.8, 4) is 17.5 Å². The van der Waals surface area contributed by atoms with Crippen molar-refractivity contribution in [1.29, 1.82) is 0 Å². The highest BCUT2D eigenvalue weighted by molar-refractivity contribution is 6.04. The Labute approximate surface area is 222 Å². The van der Waals surface area contributed by atoms with Crippen molar-refractivity contribution in [3.63, 3.8) is 0 Å². The second kappa shape index (κ2) is 9.64. The number of carbonyl (C=O) groups excluding carboxylic acids is 1. The van der Waals surface area contributed by atoms with E-state index in [-0.39, 0.29) is 16.9 Å². The van der Waals surface area contributed by atoms with Gasteiger partial charge in [-0.1, -0.05) is 42.2 Å². The van der Waals surface area contributed by atoms with Gasteiger partial charge in [0.2, 0.25) is 0 Å². The van der Waals surface area contributed by atoms with E-state index in [1.807, 2.05) is 61.5 Å². The fraction of sp³-hybridized carbons (Fsp3) is 0.0690. The van der Waals surface area contributed by atoms with Crippen LogP contribution in [0.25, 0.3) is 22.1 Å². The van der Waals surface area contributed by atoms with E-state index in [0.717, 1.165) is 0 Å². The molecule has 39 heavy (non-hydrogen) atoms. The summed E-state index contributed by atoms with van der Waals surface area (Å²) in [4.78, 5) is 31.7.